The quantitative estimate of drug-likeness (QED) is 0.573. The minimum absolute atomic E-state index is 0.282. The van der Waals surface area contributed by atoms with Crippen LogP contribution in [0.2, 0.25) is 0 Å². The van der Waals surface area contributed by atoms with Crippen molar-refractivity contribution in [2.75, 3.05) is 30.3 Å². The molecule has 0 aliphatic rings. The molecule has 2 aromatic carbocycles. The number of hydrogen-bond donors (Lipinski definition) is 2. The second-order valence-corrected chi connectivity index (χ2v) is 5.20. The number of alkyl halides is 3. The molecule has 25 heavy (non-hydrogen) atoms. The highest BCUT2D eigenvalue weighted by Gasteiger charge is 2.30. The molecular weight excluding hydrogens is 333 g/mol. The van der Waals surface area contributed by atoms with E-state index in [0.29, 0.717) is 30.0 Å². The van der Waals surface area contributed by atoms with Gasteiger partial charge in [0.1, 0.15) is 0 Å². The van der Waals surface area contributed by atoms with Crippen molar-refractivity contribution < 1.29 is 22.7 Å². The predicted molar refractivity (Wildman–Crippen MR) is 90.8 cm³/mol. The SMILES string of the molecule is CCOC(=O)c1ccccc1NCCNc1cccc(C(F)(F)F)c1. The molecule has 4 nitrogen and oxygen atoms in total. The number of hydrogen-bond acceptors (Lipinski definition) is 4. The first-order valence-electron chi connectivity index (χ1n) is 7.83. The summed E-state index contributed by atoms with van der Waals surface area (Å²) in [7, 11) is 0. The van der Waals surface area contributed by atoms with E-state index in [1.54, 1.807) is 37.3 Å². The van der Waals surface area contributed by atoms with E-state index in [-0.39, 0.29) is 6.61 Å². The number of halogens is 3. The Hall–Kier alpha value is -2.70. The first-order chi connectivity index (χ1) is 11.9. The van der Waals surface area contributed by atoms with Crippen LogP contribution in [0.15, 0.2) is 48.5 Å². The molecule has 2 aromatic rings. The molecule has 2 N–H and O–H groups in total. The Morgan fingerprint density at radius 3 is 2.48 bits per heavy atom. The summed E-state index contributed by atoms with van der Waals surface area (Å²) in [5, 5.41) is 6.00. The molecule has 0 radical (unpaired) electrons. The van der Waals surface area contributed by atoms with Crippen LogP contribution in [0.1, 0.15) is 22.8 Å². The standard InChI is InChI=1S/C18H19F3N2O2/c1-2-25-17(24)15-8-3-4-9-16(15)23-11-10-22-14-7-5-6-13(12-14)18(19,20)21/h3-9,12,22-23H,2,10-11H2,1H3. The van der Waals surface area contributed by atoms with Gasteiger partial charge in [-0.15, -0.1) is 0 Å². The molecule has 2 rings (SSSR count). The molecular formula is C18H19F3N2O2. The van der Waals surface area contributed by atoms with Crippen molar-refractivity contribution in [3.05, 3.63) is 59.7 Å². The topological polar surface area (TPSA) is 50.4 Å². The number of benzene rings is 2. The second kappa shape index (κ2) is 8.41. The van der Waals surface area contributed by atoms with E-state index in [1.807, 2.05) is 0 Å². The van der Waals surface area contributed by atoms with Crippen LogP contribution in [0.25, 0.3) is 0 Å². The average molecular weight is 352 g/mol. The van der Waals surface area contributed by atoms with Crippen molar-refractivity contribution in [2.24, 2.45) is 0 Å². The van der Waals surface area contributed by atoms with E-state index >= 15 is 0 Å². The van der Waals surface area contributed by atoms with E-state index in [9.17, 15) is 18.0 Å². The molecule has 0 bridgehead atoms. The summed E-state index contributed by atoms with van der Waals surface area (Å²) in [5.41, 5.74) is 0.726. The van der Waals surface area contributed by atoms with Crippen LogP contribution in [0.3, 0.4) is 0 Å². The first-order valence-corrected chi connectivity index (χ1v) is 7.83. The van der Waals surface area contributed by atoms with E-state index in [2.05, 4.69) is 10.6 Å². The maximum atomic E-state index is 12.7. The van der Waals surface area contributed by atoms with E-state index in [1.165, 1.54) is 6.07 Å². The van der Waals surface area contributed by atoms with Gasteiger partial charge in [-0.05, 0) is 37.3 Å². The molecule has 0 fully saturated rings. The van der Waals surface area contributed by atoms with Crippen molar-refractivity contribution in [1.82, 2.24) is 0 Å². The summed E-state index contributed by atoms with van der Waals surface area (Å²) in [6, 6.07) is 11.9. The zero-order chi connectivity index (χ0) is 18.3. The van der Waals surface area contributed by atoms with Crippen LogP contribution >= 0.6 is 0 Å². The number of rotatable bonds is 7. The fraction of sp³-hybridized carbons (Fsp3) is 0.278. The average Bonchev–Trinajstić information content (AvgIpc) is 2.59. The fourth-order valence-electron chi connectivity index (χ4n) is 2.23. The van der Waals surface area contributed by atoms with Gasteiger partial charge in [-0.2, -0.15) is 13.2 Å². The van der Waals surface area contributed by atoms with Crippen molar-refractivity contribution in [3.8, 4) is 0 Å². The molecule has 0 amide bonds. The molecule has 0 atom stereocenters. The molecule has 0 aromatic heterocycles. The van der Waals surface area contributed by atoms with Crippen LogP contribution in [0, 0.1) is 0 Å². The lowest BCUT2D eigenvalue weighted by Crippen LogP contribution is -2.16. The van der Waals surface area contributed by atoms with Gasteiger partial charge in [0, 0.05) is 24.5 Å². The Kier molecular flexibility index (Phi) is 6.27. The maximum Gasteiger partial charge on any atom is 0.416 e. The largest absolute Gasteiger partial charge is 0.462 e. The van der Waals surface area contributed by atoms with Gasteiger partial charge in [0.15, 0.2) is 0 Å². The number of carbonyl (C=O) groups excluding carboxylic acids is 1. The Morgan fingerprint density at radius 2 is 1.76 bits per heavy atom. The van der Waals surface area contributed by atoms with Crippen molar-refractivity contribution in [2.45, 2.75) is 13.1 Å². The van der Waals surface area contributed by atoms with Crippen molar-refractivity contribution in [1.29, 1.82) is 0 Å². The van der Waals surface area contributed by atoms with Crippen LogP contribution in [-0.4, -0.2) is 25.7 Å². The molecule has 0 heterocycles. The summed E-state index contributed by atoms with van der Waals surface area (Å²) in [6.45, 7) is 2.82. The second-order valence-electron chi connectivity index (χ2n) is 5.20. The van der Waals surface area contributed by atoms with Crippen LogP contribution < -0.4 is 10.6 Å². The Labute approximate surface area is 144 Å². The minimum Gasteiger partial charge on any atom is -0.462 e. The van der Waals surface area contributed by atoms with Gasteiger partial charge in [-0.3, -0.25) is 0 Å². The fourth-order valence-corrected chi connectivity index (χ4v) is 2.23. The predicted octanol–water partition coefficient (Wildman–Crippen LogP) is 4.41. The third-order valence-corrected chi connectivity index (χ3v) is 3.38. The van der Waals surface area contributed by atoms with E-state index in [4.69, 9.17) is 4.74 Å². The minimum atomic E-state index is -4.37. The van der Waals surface area contributed by atoms with Crippen molar-refractivity contribution in [3.63, 3.8) is 0 Å². The summed E-state index contributed by atoms with van der Waals surface area (Å²) in [5.74, 6) is -0.420. The summed E-state index contributed by atoms with van der Waals surface area (Å²) in [6.07, 6.45) is -4.37. The van der Waals surface area contributed by atoms with Crippen LogP contribution in [0.5, 0.6) is 0 Å². The highest BCUT2D eigenvalue weighted by atomic mass is 19.4. The molecule has 0 saturated heterocycles. The highest BCUT2D eigenvalue weighted by molar-refractivity contribution is 5.95. The smallest absolute Gasteiger partial charge is 0.416 e. The van der Waals surface area contributed by atoms with Crippen LogP contribution in [0.4, 0.5) is 24.5 Å². The normalized spacial score (nSPS) is 11.0. The van der Waals surface area contributed by atoms with Gasteiger partial charge in [0.2, 0.25) is 0 Å². The zero-order valence-corrected chi connectivity index (χ0v) is 13.7. The van der Waals surface area contributed by atoms with Gasteiger partial charge < -0.3 is 15.4 Å². The Balaban J connectivity index is 1.91. The monoisotopic (exact) mass is 352 g/mol. The Bertz CT molecular complexity index is 717. The molecule has 0 spiro atoms. The van der Waals surface area contributed by atoms with Gasteiger partial charge in [-0.25, -0.2) is 4.79 Å². The number of nitrogens with one attached hydrogen (secondary N) is 2. The lowest BCUT2D eigenvalue weighted by atomic mass is 10.2. The molecule has 0 saturated carbocycles. The lowest BCUT2D eigenvalue weighted by molar-refractivity contribution is -0.137. The molecule has 0 unspecified atom stereocenters. The maximum absolute atomic E-state index is 12.7. The van der Waals surface area contributed by atoms with E-state index < -0.39 is 17.7 Å². The first kappa shape index (κ1) is 18.6. The molecule has 7 heteroatoms. The van der Waals surface area contributed by atoms with Crippen molar-refractivity contribution >= 4 is 17.3 Å². The molecule has 134 valence electrons. The zero-order valence-electron chi connectivity index (χ0n) is 13.7. The van der Waals surface area contributed by atoms with Gasteiger partial charge in [-0.1, -0.05) is 18.2 Å². The van der Waals surface area contributed by atoms with Gasteiger partial charge in [0.25, 0.3) is 0 Å². The number of carbonyl (C=O) groups is 1. The highest BCUT2D eigenvalue weighted by Crippen LogP contribution is 2.30. The number of anilines is 2. The van der Waals surface area contributed by atoms with E-state index in [0.717, 1.165) is 12.1 Å². The Morgan fingerprint density at radius 1 is 1.04 bits per heavy atom. The number of para-hydroxylation sites is 1. The third-order valence-electron chi connectivity index (χ3n) is 3.38. The summed E-state index contributed by atoms with van der Waals surface area (Å²) in [4.78, 5) is 11.9. The molecule has 0 aliphatic heterocycles. The van der Waals surface area contributed by atoms with Gasteiger partial charge >= 0.3 is 12.1 Å². The number of esters is 1. The number of ether oxygens (including phenoxy) is 1. The molecule has 0 aliphatic carbocycles. The summed E-state index contributed by atoms with van der Waals surface area (Å²) < 4.78 is 43.0. The van der Waals surface area contributed by atoms with Crippen LogP contribution in [-0.2, 0) is 10.9 Å². The summed E-state index contributed by atoms with van der Waals surface area (Å²) >= 11 is 0. The lowest BCUT2D eigenvalue weighted by Gasteiger charge is -2.13. The van der Waals surface area contributed by atoms with Gasteiger partial charge in [0.05, 0.1) is 17.7 Å². The third kappa shape index (κ3) is 5.41.